The van der Waals surface area contributed by atoms with Crippen molar-refractivity contribution in [3.05, 3.63) is 29.8 Å². The van der Waals surface area contributed by atoms with Crippen LogP contribution >= 0.6 is 0 Å². The first kappa shape index (κ1) is 10.6. The zero-order valence-corrected chi connectivity index (χ0v) is 8.03. The summed E-state index contributed by atoms with van der Waals surface area (Å²) >= 11 is 0. The van der Waals surface area contributed by atoms with Crippen molar-refractivity contribution in [1.29, 1.82) is 5.26 Å². The van der Waals surface area contributed by atoms with Crippen LogP contribution in [0.2, 0.25) is 0 Å². The highest BCUT2D eigenvalue weighted by Crippen LogP contribution is 2.26. The summed E-state index contributed by atoms with van der Waals surface area (Å²) in [5.74, 6) is -1.06. The monoisotopic (exact) mass is 194 g/mol. The number of aromatic nitrogens is 1. The van der Waals surface area contributed by atoms with Gasteiger partial charge in [-0.15, -0.1) is 0 Å². The molecule has 0 radical (unpaired) electrons. The normalized spacial score (nSPS) is 16.8. The Bertz CT molecular complexity index is 353. The molecule has 4 heteroatoms. The van der Waals surface area contributed by atoms with Crippen molar-refractivity contribution in [3.8, 4) is 6.07 Å². The Balaban J connectivity index is 3.05. The minimum atomic E-state index is -1.34. The molecular formula is C10H11FN2O. The molecule has 2 atom stereocenters. The summed E-state index contributed by atoms with van der Waals surface area (Å²) < 4.78 is 12.5. The van der Waals surface area contributed by atoms with Gasteiger partial charge in [-0.1, -0.05) is 0 Å². The van der Waals surface area contributed by atoms with Crippen molar-refractivity contribution in [2.45, 2.75) is 19.4 Å². The highest BCUT2D eigenvalue weighted by atomic mass is 19.1. The van der Waals surface area contributed by atoms with Gasteiger partial charge in [-0.25, -0.2) is 4.39 Å². The van der Waals surface area contributed by atoms with Crippen LogP contribution in [0.3, 0.4) is 0 Å². The van der Waals surface area contributed by atoms with Crippen LogP contribution in [0.4, 0.5) is 4.39 Å². The Kier molecular flexibility index (Phi) is 2.82. The van der Waals surface area contributed by atoms with E-state index in [9.17, 15) is 9.50 Å². The predicted octanol–water partition coefficient (Wildman–Crippen LogP) is 1.59. The number of aliphatic hydroxyl groups is 1. The summed E-state index contributed by atoms with van der Waals surface area (Å²) in [6.45, 7) is 3.08. The van der Waals surface area contributed by atoms with Gasteiger partial charge in [0.25, 0.3) is 0 Å². The van der Waals surface area contributed by atoms with Gasteiger partial charge < -0.3 is 5.11 Å². The Morgan fingerprint density at radius 2 is 2.29 bits per heavy atom. The second-order valence-corrected chi connectivity index (χ2v) is 3.36. The summed E-state index contributed by atoms with van der Waals surface area (Å²) in [5.41, 5.74) is -1.05. The Morgan fingerprint density at radius 1 is 1.64 bits per heavy atom. The van der Waals surface area contributed by atoms with E-state index in [-0.39, 0.29) is 0 Å². The van der Waals surface area contributed by atoms with Crippen LogP contribution in [-0.4, -0.2) is 10.1 Å². The molecule has 0 aliphatic carbocycles. The van der Waals surface area contributed by atoms with Gasteiger partial charge in [0, 0.05) is 0 Å². The maximum Gasteiger partial charge on any atom is 0.141 e. The van der Waals surface area contributed by atoms with E-state index in [2.05, 4.69) is 4.98 Å². The van der Waals surface area contributed by atoms with E-state index in [1.807, 2.05) is 6.07 Å². The SMILES string of the molecule is CC(C#N)C(C)(O)c1ccc(F)cn1. The molecule has 0 saturated carbocycles. The average Bonchev–Trinajstić information content (AvgIpc) is 2.17. The summed E-state index contributed by atoms with van der Waals surface area (Å²) in [4.78, 5) is 3.74. The Labute approximate surface area is 81.8 Å². The van der Waals surface area contributed by atoms with Crippen molar-refractivity contribution in [3.63, 3.8) is 0 Å². The van der Waals surface area contributed by atoms with Crippen molar-refractivity contribution in [2.24, 2.45) is 5.92 Å². The molecule has 1 N–H and O–H groups in total. The minimum absolute atomic E-state index is 0.299. The number of nitriles is 1. The number of nitrogens with zero attached hydrogens (tertiary/aromatic N) is 2. The van der Waals surface area contributed by atoms with E-state index in [0.717, 1.165) is 6.20 Å². The van der Waals surface area contributed by atoms with Crippen molar-refractivity contribution in [2.75, 3.05) is 0 Å². The van der Waals surface area contributed by atoms with Crippen molar-refractivity contribution < 1.29 is 9.50 Å². The molecular weight excluding hydrogens is 183 g/mol. The number of halogens is 1. The predicted molar refractivity (Wildman–Crippen MR) is 48.5 cm³/mol. The number of pyridine rings is 1. The topological polar surface area (TPSA) is 56.9 Å². The fourth-order valence-corrected chi connectivity index (χ4v) is 1.02. The third kappa shape index (κ3) is 1.88. The molecule has 0 fully saturated rings. The molecule has 2 unspecified atom stereocenters. The van der Waals surface area contributed by atoms with Gasteiger partial charge in [0.2, 0.25) is 0 Å². The molecule has 1 rings (SSSR count). The van der Waals surface area contributed by atoms with Crippen LogP contribution in [0.5, 0.6) is 0 Å². The minimum Gasteiger partial charge on any atom is -0.382 e. The third-order valence-electron chi connectivity index (χ3n) is 2.28. The highest BCUT2D eigenvalue weighted by Gasteiger charge is 2.31. The zero-order chi connectivity index (χ0) is 10.8. The lowest BCUT2D eigenvalue weighted by Gasteiger charge is -2.24. The van der Waals surface area contributed by atoms with Gasteiger partial charge in [0.05, 0.1) is 23.9 Å². The quantitative estimate of drug-likeness (QED) is 0.777. The molecule has 0 spiro atoms. The first-order valence-corrected chi connectivity index (χ1v) is 4.22. The summed E-state index contributed by atoms with van der Waals surface area (Å²) in [5, 5.41) is 18.6. The Hall–Kier alpha value is -1.47. The van der Waals surface area contributed by atoms with Gasteiger partial charge >= 0.3 is 0 Å². The van der Waals surface area contributed by atoms with Crippen LogP contribution in [0, 0.1) is 23.1 Å². The molecule has 1 aromatic heterocycles. The van der Waals surface area contributed by atoms with Gasteiger partial charge in [-0.2, -0.15) is 5.26 Å². The van der Waals surface area contributed by atoms with Gasteiger partial charge in [0.15, 0.2) is 0 Å². The van der Waals surface area contributed by atoms with Crippen LogP contribution in [-0.2, 0) is 5.60 Å². The smallest absolute Gasteiger partial charge is 0.141 e. The van der Waals surface area contributed by atoms with E-state index in [1.165, 1.54) is 19.1 Å². The number of rotatable bonds is 2. The molecule has 14 heavy (non-hydrogen) atoms. The number of hydrogen-bond acceptors (Lipinski definition) is 3. The molecule has 1 heterocycles. The largest absolute Gasteiger partial charge is 0.382 e. The maximum absolute atomic E-state index is 12.5. The summed E-state index contributed by atoms with van der Waals surface area (Å²) in [6, 6.07) is 4.52. The van der Waals surface area contributed by atoms with Crippen LogP contribution < -0.4 is 0 Å². The second kappa shape index (κ2) is 3.72. The van der Waals surface area contributed by atoms with E-state index < -0.39 is 17.3 Å². The van der Waals surface area contributed by atoms with Crippen LogP contribution in [0.15, 0.2) is 18.3 Å². The second-order valence-electron chi connectivity index (χ2n) is 3.36. The molecule has 0 aliphatic heterocycles. The molecule has 74 valence electrons. The molecule has 3 nitrogen and oxygen atoms in total. The fraction of sp³-hybridized carbons (Fsp3) is 0.400. The highest BCUT2D eigenvalue weighted by molar-refractivity contribution is 5.16. The summed E-state index contributed by atoms with van der Waals surface area (Å²) in [7, 11) is 0. The molecule has 0 bridgehead atoms. The van der Waals surface area contributed by atoms with E-state index in [4.69, 9.17) is 5.26 Å². The first-order valence-electron chi connectivity index (χ1n) is 4.22. The average molecular weight is 194 g/mol. The molecule has 0 aliphatic rings. The lowest BCUT2D eigenvalue weighted by molar-refractivity contribution is 0.0188. The lowest BCUT2D eigenvalue weighted by Crippen LogP contribution is -2.30. The van der Waals surface area contributed by atoms with Crippen LogP contribution in [0.25, 0.3) is 0 Å². The van der Waals surface area contributed by atoms with Crippen molar-refractivity contribution in [1.82, 2.24) is 4.98 Å². The molecule has 0 saturated heterocycles. The molecule has 0 aromatic carbocycles. The van der Waals surface area contributed by atoms with Gasteiger partial charge in [0.1, 0.15) is 11.4 Å². The lowest BCUT2D eigenvalue weighted by atomic mass is 9.88. The maximum atomic E-state index is 12.5. The standard InChI is InChI=1S/C10H11FN2O/c1-7(5-12)10(2,14)9-4-3-8(11)6-13-9/h3-4,6-7,14H,1-2H3. The molecule has 1 aromatic rings. The summed E-state index contributed by atoms with van der Waals surface area (Å²) in [6.07, 6.45) is 1.02. The van der Waals surface area contributed by atoms with Crippen LogP contribution in [0.1, 0.15) is 19.5 Å². The van der Waals surface area contributed by atoms with E-state index in [1.54, 1.807) is 6.92 Å². The fourth-order valence-electron chi connectivity index (χ4n) is 1.02. The Morgan fingerprint density at radius 3 is 2.71 bits per heavy atom. The first-order chi connectivity index (χ1) is 6.48. The van der Waals surface area contributed by atoms with Crippen molar-refractivity contribution >= 4 is 0 Å². The van der Waals surface area contributed by atoms with Gasteiger partial charge in [-0.3, -0.25) is 4.98 Å². The zero-order valence-electron chi connectivity index (χ0n) is 8.03. The number of hydrogen-bond donors (Lipinski definition) is 1. The third-order valence-corrected chi connectivity index (χ3v) is 2.28. The van der Waals surface area contributed by atoms with Gasteiger partial charge in [-0.05, 0) is 26.0 Å². The van der Waals surface area contributed by atoms with E-state index >= 15 is 0 Å². The van der Waals surface area contributed by atoms with E-state index in [0.29, 0.717) is 5.69 Å². The molecule has 0 amide bonds.